The number of hydrogen-bond donors (Lipinski definition) is 4. The zero-order valence-corrected chi connectivity index (χ0v) is 6.74. The summed E-state index contributed by atoms with van der Waals surface area (Å²) in [6.45, 7) is 5.40. The SMILES string of the molecule is C1CNC2(CCNNC2)CN1. The van der Waals surface area contributed by atoms with E-state index in [1.165, 1.54) is 6.42 Å². The van der Waals surface area contributed by atoms with Crippen LogP contribution in [-0.2, 0) is 0 Å². The minimum atomic E-state index is 0.323. The Labute approximate surface area is 67.1 Å². The Morgan fingerprint density at radius 3 is 2.55 bits per heavy atom. The number of nitrogens with one attached hydrogen (secondary N) is 4. The number of rotatable bonds is 0. The molecule has 1 atom stereocenters. The van der Waals surface area contributed by atoms with E-state index < -0.39 is 0 Å². The second-order valence-electron chi connectivity index (χ2n) is 3.41. The molecule has 64 valence electrons. The third kappa shape index (κ3) is 1.54. The van der Waals surface area contributed by atoms with Gasteiger partial charge in [-0.05, 0) is 6.42 Å². The summed E-state index contributed by atoms with van der Waals surface area (Å²) in [5.41, 5.74) is 6.65. The summed E-state index contributed by atoms with van der Waals surface area (Å²) >= 11 is 0. The van der Waals surface area contributed by atoms with E-state index >= 15 is 0 Å². The Hall–Kier alpha value is -0.160. The lowest BCUT2D eigenvalue weighted by atomic mass is 9.92. The van der Waals surface area contributed by atoms with Gasteiger partial charge in [-0.25, -0.2) is 0 Å². The van der Waals surface area contributed by atoms with Crippen molar-refractivity contribution >= 4 is 0 Å². The fourth-order valence-electron chi connectivity index (χ4n) is 1.82. The summed E-state index contributed by atoms with van der Waals surface area (Å²) in [5, 5.41) is 6.98. The Morgan fingerprint density at radius 1 is 0.909 bits per heavy atom. The molecule has 2 fully saturated rings. The Kier molecular flexibility index (Phi) is 2.09. The minimum Gasteiger partial charge on any atom is -0.314 e. The molecule has 0 bridgehead atoms. The molecule has 4 nitrogen and oxygen atoms in total. The number of hydrogen-bond acceptors (Lipinski definition) is 4. The van der Waals surface area contributed by atoms with E-state index in [0.717, 1.165) is 32.7 Å². The van der Waals surface area contributed by atoms with Gasteiger partial charge in [-0.3, -0.25) is 10.9 Å². The molecule has 0 aromatic heterocycles. The molecule has 4 heteroatoms. The molecule has 2 rings (SSSR count). The molecular formula is C7H16N4. The highest BCUT2D eigenvalue weighted by Gasteiger charge is 2.32. The van der Waals surface area contributed by atoms with Crippen LogP contribution in [-0.4, -0.2) is 38.3 Å². The summed E-state index contributed by atoms with van der Waals surface area (Å²) < 4.78 is 0. The monoisotopic (exact) mass is 156 g/mol. The number of hydrazine groups is 1. The lowest BCUT2D eigenvalue weighted by Gasteiger charge is -2.42. The molecule has 0 aromatic carbocycles. The van der Waals surface area contributed by atoms with Crippen LogP contribution in [0.15, 0.2) is 0 Å². The molecule has 0 saturated carbocycles. The molecule has 2 heterocycles. The van der Waals surface area contributed by atoms with Gasteiger partial charge in [0.25, 0.3) is 0 Å². The summed E-state index contributed by atoms with van der Waals surface area (Å²) in [5.74, 6) is 0. The molecule has 0 aromatic rings. The van der Waals surface area contributed by atoms with Gasteiger partial charge in [0.05, 0.1) is 0 Å². The topological polar surface area (TPSA) is 48.1 Å². The van der Waals surface area contributed by atoms with Crippen molar-refractivity contribution in [2.45, 2.75) is 12.0 Å². The fraction of sp³-hybridized carbons (Fsp3) is 1.00. The van der Waals surface area contributed by atoms with E-state index in [1.807, 2.05) is 0 Å². The summed E-state index contributed by atoms with van der Waals surface area (Å²) in [6.07, 6.45) is 1.22. The zero-order valence-electron chi connectivity index (χ0n) is 6.74. The van der Waals surface area contributed by atoms with Crippen LogP contribution in [0.2, 0.25) is 0 Å². The van der Waals surface area contributed by atoms with Crippen LogP contribution in [0.1, 0.15) is 6.42 Å². The van der Waals surface area contributed by atoms with Gasteiger partial charge in [-0.1, -0.05) is 0 Å². The minimum absolute atomic E-state index is 0.323. The van der Waals surface area contributed by atoms with Crippen LogP contribution in [0.5, 0.6) is 0 Å². The van der Waals surface area contributed by atoms with E-state index in [0.29, 0.717) is 5.54 Å². The first-order valence-electron chi connectivity index (χ1n) is 4.33. The zero-order chi connectivity index (χ0) is 7.57. The van der Waals surface area contributed by atoms with Crippen molar-refractivity contribution in [3.05, 3.63) is 0 Å². The van der Waals surface area contributed by atoms with E-state index in [1.54, 1.807) is 0 Å². The Morgan fingerprint density at radius 2 is 1.91 bits per heavy atom. The Bertz CT molecular complexity index is 105. The highest BCUT2D eigenvalue weighted by Crippen LogP contribution is 2.11. The lowest BCUT2D eigenvalue weighted by molar-refractivity contribution is 0.199. The molecule has 2 saturated heterocycles. The smallest absolute Gasteiger partial charge is 0.0459 e. The van der Waals surface area contributed by atoms with Crippen LogP contribution in [0.4, 0.5) is 0 Å². The number of piperazine rings is 1. The van der Waals surface area contributed by atoms with E-state index in [9.17, 15) is 0 Å². The second kappa shape index (κ2) is 3.06. The van der Waals surface area contributed by atoms with Gasteiger partial charge in [-0.2, -0.15) is 0 Å². The quantitative estimate of drug-likeness (QED) is 0.342. The van der Waals surface area contributed by atoms with Crippen molar-refractivity contribution in [3.63, 3.8) is 0 Å². The highest BCUT2D eigenvalue weighted by atomic mass is 15.4. The van der Waals surface area contributed by atoms with E-state index in [-0.39, 0.29) is 0 Å². The molecule has 1 spiro atoms. The lowest BCUT2D eigenvalue weighted by Crippen LogP contribution is -2.68. The fourth-order valence-corrected chi connectivity index (χ4v) is 1.82. The second-order valence-corrected chi connectivity index (χ2v) is 3.41. The first kappa shape index (κ1) is 7.49. The van der Waals surface area contributed by atoms with Crippen molar-refractivity contribution in [2.75, 3.05) is 32.7 Å². The van der Waals surface area contributed by atoms with Gasteiger partial charge in [0.15, 0.2) is 0 Å². The van der Waals surface area contributed by atoms with Gasteiger partial charge < -0.3 is 10.6 Å². The summed E-state index contributed by atoms with van der Waals surface area (Å²) in [4.78, 5) is 0. The van der Waals surface area contributed by atoms with Gasteiger partial charge in [0.2, 0.25) is 0 Å². The molecule has 2 aliphatic rings. The van der Waals surface area contributed by atoms with Gasteiger partial charge in [0.1, 0.15) is 0 Å². The van der Waals surface area contributed by atoms with Gasteiger partial charge in [0, 0.05) is 38.3 Å². The van der Waals surface area contributed by atoms with Crippen molar-refractivity contribution in [1.82, 2.24) is 21.5 Å². The third-order valence-electron chi connectivity index (χ3n) is 2.55. The van der Waals surface area contributed by atoms with Crippen molar-refractivity contribution in [1.29, 1.82) is 0 Å². The van der Waals surface area contributed by atoms with Gasteiger partial charge in [-0.15, -0.1) is 0 Å². The van der Waals surface area contributed by atoms with Crippen molar-refractivity contribution in [3.8, 4) is 0 Å². The largest absolute Gasteiger partial charge is 0.314 e. The van der Waals surface area contributed by atoms with Gasteiger partial charge >= 0.3 is 0 Å². The molecular weight excluding hydrogens is 140 g/mol. The average Bonchev–Trinajstić information content (AvgIpc) is 2.07. The normalized spacial score (nSPS) is 39.3. The maximum atomic E-state index is 3.57. The Balaban J connectivity index is 1.94. The summed E-state index contributed by atoms with van der Waals surface area (Å²) in [7, 11) is 0. The average molecular weight is 156 g/mol. The molecule has 11 heavy (non-hydrogen) atoms. The van der Waals surface area contributed by atoms with Crippen molar-refractivity contribution < 1.29 is 0 Å². The highest BCUT2D eigenvalue weighted by molar-refractivity contribution is 4.97. The summed E-state index contributed by atoms with van der Waals surface area (Å²) in [6, 6.07) is 0. The first-order valence-corrected chi connectivity index (χ1v) is 4.33. The molecule has 0 aliphatic carbocycles. The molecule has 4 N–H and O–H groups in total. The van der Waals surface area contributed by atoms with Crippen LogP contribution in [0, 0.1) is 0 Å². The van der Waals surface area contributed by atoms with Crippen LogP contribution < -0.4 is 21.5 Å². The molecule has 1 unspecified atom stereocenters. The molecule has 0 radical (unpaired) electrons. The predicted octanol–water partition coefficient (Wildman–Crippen LogP) is -1.58. The van der Waals surface area contributed by atoms with Crippen LogP contribution >= 0.6 is 0 Å². The third-order valence-corrected chi connectivity index (χ3v) is 2.55. The predicted molar refractivity (Wildman–Crippen MR) is 44.2 cm³/mol. The van der Waals surface area contributed by atoms with E-state index in [4.69, 9.17) is 0 Å². The maximum Gasteiger partial charge on any atom is 0.0459 e. The molecule has 2 aliphatic heterocycles. The molecule has 0 amide bonds. The van der Waals surface area contributed by atoms with Crippen LogP contribution in [0.3, 0.4) is 0 Å². The standard InChI is InChI=1S/C7H16N4/c1-2-10-11-6-7(1)5-8-3-4-9-7/h8-11H,1-6H2. The van der Waals surface area contributed by atoms with Crippen molar-refractivity contribution in [2.24, 2.45) is 0 Å². The first-order chi connectivity index (χ1) is 5.41. The maximum absolute atomic E-state index is 3.57. The van der Waals surface area contributed by atoms with E-state index in [2.05, 4.69) is 21.5 Å². The van der Waals surface area contributed by atoms with Crippen LogP contribution in [0.25, 0.3) is 0 Å².